The van der Waals surface area contributed by atoms with E-state index >= 15 is 0 Å². The van der Waals surface area contributed by atoms with Gasteiger partial charge in [0.25, 0.3) is 0 Å². The van der Waals surface area contributed by atoms with Gasteiger partial charge in [-0.1, -0.05) is 12.1 Å². The molecule has 1 aliphatic rings. The molecule has 1 amide bonds. The molecule has 0 radical (unpaired) electrons. The molecular weight excluding hydrogens is 216 g/mol. The minimum absolute atomic E-state index is 0.130. The number of rotatable bonds is 6. The minimum atomic E-state index is 0.130. The van der Waals surface area contributed by atoms with Crippen molar-refractivity contribution < 1.29 is 9.90 Å². The molecule has 0 aromatic heterocycles. The van der Waals surface area contributed by atoms with E-state index in [1.165, 1.54) is 0 Å². The summed E-state index contributed by atoms with van der Waals surface area (Å²) in [4.78, 5) is 11.4. The first-order valence-electron chi connectivity index (χ1n) is 6.02. The molecule has 0 atom stereocenters. The van der Waals surface area contributed by atoms with Crippen LogP contribution in [0, 0.1) is 0 Å². The van der Waals surface area contributed by atoms with E-state index in [-0.39, 0.29) is 11.7 Å². The Balaban J connectivity index is 1.59. The van der Waals surface area contributed by atoms with Crippen LogP contribution in [-0.2, 0) is 11.3 Å². The Morgan fingerprint density at radius 2 is 2.00 bits per heavy atom. The van der Waals surface area contributed by atoms with Crippen LogP contribution >= 0.6 is 0 Å². The summed E-state index contributed by atoms with van der Waals surface area (Å²) in [6, 6.07) is 7.51. The summed E-state index contributed by atoms with van der Waals surface area (Å²) < 4.78 is 0. The van der Waals surface area contributed by atoms with Gasteiger partial charge in [-0.2, -0.15) is 0 Å². The van der Waals surface area contributed by atoms with E-state index < -0.39 is 0 Å². The maximum atomic E-state index is 11.4. The number of carbonyl (C=O) groups excluding carboxylic acids is 1. The van der Waals surface area contributed by atoms with Crippen LogP contribution in [0.15, 0.2) is 24.3 Å². The molecular formula is C13H18N2O2. The Kier molecular flexibility index (Phi) is 3.98. The molecule has 4 heteroatoms. The summed E-state index contributed by atoms with van der Waals surface area (Å²) >= 11 is 0. The average Bonchev–Trinajstić information content (AvgIpc) is 3.11. The molecule has 0 unspecified atom stereocenters. The predicted octanol–water partition coefficient (Wildman–Crippen LogP) is 1.15. The van der Waals surface area contributed by atoms with Crippen LogP contribution in [0.4, 0.5) is 0 Å². The lowest BCUT2D eigenvalue weighted by Crippen LogP contribution is -2.28. The zero-order valence-corrected chi connectivity index (χ0v) is 9.78. The number of nitrogens with one attached hydrogen (secondary N) is 2. The number of hydrogen-bond acceptors (Lipinski definition) is 3. The molecule has 0 bridgehead atoms. The minimum Gasteiger partial charge on any atom is -0.508 e. The topological polar surface area (TPSA) is 61.4 Å². The molecule has 1 aliphatic carbocycles. The van der Waals surface area contributed by atoms with Crippen molar-refractivity contribution in [3.63, 3.8) is 0 Å². The van der Waals surface area contributed by atoms with Gasteiger partial charge in [-0.3, -0.25) is 4.79 Å². The van der Waals surface area contributed by atoms with Crippen LogP contribution < -0.4 is 10.6 Å². The van der Waals surface area contributed by atoms with Crippen molar-refractivity contribution >= 4 is 5.91 Å². The molecule has 1 fully saturated rings. The largest absolute Gasteiger partial charge is 0.508 e. The molecule has 1 aromatic rings. The number of aromatic hydroxyl groups is 1. The fraction of sp³-hybridized carbons (Fsp3) is 0.462. The molecule has 1 aromatic carbocycles. The highest BCUT2D eigenvalue weighted by atomic mass is 16.3. The fourth-order valence-electron chi connectivity index (χ4n) is 1.58. The zero-order valence-electron chi connectivity index (χ0n) is 9.78. The van der Waals surface area contributed by atoms with Gasteiger partial charge in [0.15, 0.2) is 0 Å². The summed E-state index contributed by atoms with van der Waals surface area (Å²) in [5, 5.41) is 15.3. The lowest BCUT2D eigenvalue weighted by Gasteiger charge is -2.05. The van der Waals surface area contributed by atoms with E-state index in [4.69, 9.17) is 5.11 Å². The van der Waals surface area contributed by atoms with Crippen molar-refractivity contribution in [1.29, 1.82) is 0 Å². The van der Waals surface area contributed by atoms with Crippen molar-refractivity contribution in [2.24, 2.45) is 0 Å². The second-order valence-electron chi connectivity index (χ2n) is 4.44. The number of carbonyl (C=O) groups is 1. The molecule has 0 heterocycles. The van der Waals surface area contributed by atoms with Crippen molar-refractivity contribution in [2.45, 2.75) is 31.8 Å². The first-order valence-corrected chi connectivity index (χ1v) is 6.02. The van der Waals surface area contributed by atoms with Crippen LogP contribution in [0.3, 0.4) is 0 Å². The first-order chi connectivity index (χ1) is 8.24. The van der Waals surface area contributed by atoms with Gasteiger partial charge >= 0.3 is 0 Å². The zero-order chi connectivity index (χ0) is 12.1. The Morgan fingerprint density at radius 1 is 1.29 bits per heavy atom. The molecule has 4 nitrogen and oxygen atoms in total. The third-order valence-electron chi connectivity index (χ3n) is 2.74. The SMILES string of the molecule is O=C(CCNCc1ccc(O)cc1)NC1CC1. The van der Waals surface area contributed by atoms with Gasteiger partial charge in [0, 0.05) is 25.6 Å². The van der Waals surface area contributed by atoms with E-state index in [0.29, 0.717) is 19.0 Å². The smallest absolute Gasteiger partial charge is 0.221 e. The second kappa shape index (κ2) is 5.68. The maximum absolute atomic E-state index is 11.4. The van der Waals surface area contributed by atoms with Gasteiger partial charge < -0.3 is 15.7 Å². The molecule has 1 saturated carbocycles. The van der Waals surface area contributed by atoms with Crippen molar-refractivity contribution in [2.75, 3.05) is 6.54 Å². The molecule has 92 valence electrons. The van der Waals surface area contributed by atoms with E-state index in [2.05, 4.69) is 10.6 Å². The van der Waals surface area contributed by atoms with E-state index in [1.54, 1.807) is 12.1 Å². The number of phenolic OH excluding ortho intramolecular Hbond substituents is 1. The second-order valence-corrected chi connectivity index (χ2v) is 4.44. The third-order valence-corrected chi connectivity index (χ3v) is 2.74. The molecule has 0 saturated heterocycles. The Morgan fingerprint density at radius 3 is 2.65 bits per heavy atom. The van der Waals surface area contributed by atoms with E-state index in [0.717, 1.165) is 24.9 Å². The molecule has 17 heavy (non-hydrogen) atoms. The van der Waals surface area contributed by atoms with Crippen molar-refractivity contribution in [3.05, 3.63) is 29.8 Å². The van der Waals surface area contributed by atoms with Crippen molar-refractivity contribution in [3.8, 4) is 5.75 Å². The summed E-state index contributed by atoms with van der Waals surface area (Å²) in [5.41, 5.74) is 1.10. The van der Waals surface area contributed by atoms with Gasteiger partial charge in [0.05, 0.1) is 0 Å². The van der Waals surface area contributed by atoms with Gasteiger partial charge in [0.2, 0.25) is 5.91 Å². The number of hydrogen-bond donors (Lipinski definition) is 3. The number of amides is 1. The molecule has 0 spiro atoms. The van der Waals surface area contributed by atoms with Gasteiger partial charge in [-0.25, -0.2) is 0 Å². The maximum Gasteiger partial charge on any atom is 0.221 e. The lowest BCUT2D eigenvalue weighted by molar-refractivity contribution is -0.121. The average molecular weight is 234 g/mol. The van der Waals surface area contributed by atoms with Crippen molar-refractivity contribution in [1.82, 2.24) is 10.6 Å². The highest BCUT2D eigenvalue weighted by Gasteiger charge is 2.22. The molecule has 2 rings (SSSR count). The summed E-state index contributed by atoms with van der Waals surface area (Å²) in [5.74, 6) is 0.406. The number of benzene rings is 1. The fourth-order valence-corrected chi connectivity index (χ4v) is 1.58. The molecule has 0 aliphatic heterocycles. The van der Waals surface area contributed by atoms with Gasteiger partial charge in [-0.05, 0) is 30.5 Å². The van der Waals surface area contributed by atoms with Gasteiger partial charge in [0.1, 0.15) is 5.75 Å². The van der Waals surface area contributed by atoms with Crippen LogP contribution in [0.2, 0.25) is 0 Å². The lowest BCUT2D eigenvalue weighted by atomic mass is 10.2. The quantitative estimate of drug-likeness (QED) is 0.647. The third kappa shape index (κ3) is 4.44. The molecule has 3 N–H and O–H groups in total. The highest BCUT2D eigenvalue weighted by Crippen LogP contribution is 2.18. The van der Waals surface area contributed by atoms with Gasteiger partial charge in [-0.15, -0.1) is 0 Å². The van der Waals surface area contributed by atoms with Crippen LogP contribution in [-0.4, -0.2) is 23.6 Å². The Labute approximate surface area is 101 Å². The Hall–Kier alpha value is -1.55. The monoisotopic (exact) mass is 234 g/mol. The summed E-state index contributed by atoms with van der Waals surface area (Å²) in [6.07, 6.45) is 2.79. The van der Waals surface area contributed by atoms with Crippen LogP contribution in [0.25, 0.3) is 0 Å². The van der Waals surface area contributed by atoms with E-state index in [9.17, 15) is 4.79 Å². The summed E-state index contributed by atoms with van der Waals surface area (Å²) in [7, 11) is 0. The van der Waals surface area contributed by atoms with E-state index in [1.807, 2.05) is 12.1 Å². The first kappa shape index (κ1) is 11.9. The predicted molar refractivity (Wildman–Crippen MR) is 65.6 cm³/mol. The van der Waals surface area contributed by atoms with Crippen LogP contribution in [0.5, 0.6) is 5.75 Å². The normalized spacial score (nSPS) is 14.6. The standard InChI is InChI=1S/C13H18N2O2/c16-12-5-1-10(2-6-12)9-14-8-7-13(17)15-11-3-4-11/h1-2,5-6,11,14,16H,3-4,7-9H2,(H,15,17). The highest BCUT2D eigenvalue weighted by molar-refractivity contribution is 5.76. The Bertz CT molecular complexity index is 372. The number of phenols is 1. The van der Waals surface area contributed by atoms with Crippen LogP contribution in [0.1, 0.15) is 24.8 Å². The summed E-state index contributed by atoms with van der Waals surface area (Å²) in [6.45, 7) is 1.40.